The molecule has 0 spiro atoms. The molecule has 0 aromatic carbocycles. The van der Waals surface area contributed by atoms with Gasteiger partial charge in [-0.2, -0.15) is 0 Å². The molecule has 7 rings (SSSR count). The van der Waals surface area contributed by atoms with Gasteiger partial charge in [0.15, 0.2) is 67.2 Å². The molecule has 17 unspecified atom stereocenters. The van der Waals surface area contributed by atoms with Gasteiger partial charge in [0.1, 0.15) is 18.1 Å². The number of hydrogen-bond donors (Lipinski definition) is 3. The van der Waals surface area contributed by atoms with E-state index >= 15 is 4.79 Å². The van der Waals surface area contributed by atoms with Crippen LogP contribution in [0.3, 0.4) is 0 Å². The lowest BCUT2D eigenvalue weighted by Crippen LogP contribution is -2.70. The summed E-state index contributed by atoms with van der Waals surface area (Å²) in [6.07, 6.45) is -13.5. The van der Waals surface area contributed by atoms with Crippen molar-refractivity contribution in [3.8, 4) is 0 Å². The Hall–Kier alpha value is -6.58. The van der Waals surface area contributed by atoms with Crippen molar-refractivity contribution in [3.05, 3.63) is 11.6 Å². The smallest absolute Gasteiger partial charge is 0.328 e. The number of amides is 3. The summed E-state index contributed by atoms with van der Waals surface area (Å²) in [4.78, 5) is 164. The van der Waals surface area contributed by atoms with Crippen LogP contribution < -0.4 is 16.0 Å². The van der Waals surface area contributed by atoms with E-state index in [-0.39, 0.29) is 55.2 Å². The molecule has 94 heavy (non-hydrogen) atoms. The third kappa shape index (κ3) is 14.9. The Morgan fingerprint density at radius 2 is 0.947 bits per heavy atom. The van der Waals surface area contributed by atoms with E-state index in [4.69, 9.17) is 56.8 Å². The highest BCUT2D eigenvalue weighted by Gasteiger charge is 2.71. The van der Waals surface area contributed by atoms with Gasteiger partial charge < -0.3 is 72.8 Å². The standard InChI is InChI=1S/C67H99N3O24/c1-19-83-56(79)32(4)68-54(77)49-46(87-36(8)72)48(89-38(10)74)52(94-60-51(90-39(11)75)47(88-37(9)73)45(86-35(7)71)50(93-60)55(78)69-33(5)57(80)84-20-2)59(92-49)91-44-23-24-65(16)43(62(44,12)13)22-25-67(18)53(65)42(76)30-40-41-31-64(15,61(82)70-34(6)58(81)85-21-3)27-26-63(41,14)28-29-66(40,67)17/h30,32-34,41,43-53,59-60H,19-29,31H2,1-18H3,(H,68,77)(H,69,78)(H,70,82)/t32?,33?,34?,41?,43?,44?,45?,46?,47?,48?,49?,50?,51?,52?,53?,59?,60?,63-,64+,65+,66-,67-/m1/s1. The molecule has 5 aliphatic carbocycles. The van der Waals surface area contributed by atoms with Crippen molar-refractivity contribution in [1.82, 2.24) is 16.0 Å². The van der Waals surface area contributed by atoms with E-state index in [0.717, 1.165) is 59.5 Å². The lowest BCUT2D eigenvalue weighted by Gasteiger charge is -2.70. The van der Waals surface area contributed by atoms with Crippen LogP contribution >= 0.6 is 0 Å². The van der Waals surface area contributed by atoms with Gasteiger partial charge in [0.05, 0.1) is 25.9 Å². The van der Waals surface area contributed by atoms with Crippen molar-refractivity contribution in [2.24, 2.45) is 50.2 Å². The van der Waals surface area contributed by atoms with E-state index < -0.39 is 178 Å². The normalized spacial score (nSPS) is 37.3. The molecule has 0 aromatic rings. The Balaban J connectivity index is 1.31. The minimum atomic E-state index is -2.16. The summed E-state index contributed by atoms with van der Waals surface area (Å²) in [6, 6.07) is -3.53. The van der Waals surface area contributed by atoms with Crippen LogP contribution in [0.2, 0.25) is 0 Å². The summed E-state index contributed by atoms with van der Waals surface area (Å²) in [7, 11) is 0. The fourth-order valence-corrected chi connectivity index (χ4v) is 16.9. The highest BCUT2D eigenvalue weighted by Crippen LogP contribution is 2.75. The molecule has 7 aliphatic rings. The Morgan fingerprint density at radius 1 is 0.521 bits per heavy atom. The number of nitrogens with one attached hydrogen (secondary N) is 3. The van der Waals surface area contributed by atoms with Crippen molar-refractivity contribution in [3.63, 3.8) is 0 Å². The molecule has 2 saturated heterocycles. The van der Waals surface area contributed by atoms with E-state index in [1.165, 1.54) is 13.8 Å². The number of ketones is 1. The third-order valence-electron chi connectivity index (χ3n) is 21.7. The van der Waals surface area contributed by atoms with E-state index in [9.17, 15) is 52.7 Å². The highest BCUT2D eigenvalue weighted by atomic mass is 16.8. The summed E-state index contributed by atoms with van der Waals surface area (Å²) in [5.74, 6) is -10.7. The molecule has 4 saturated carbocycles. The SMILES string of the molecule is CCOC(=O)C(C)NC(=O)C1OC(OC2C(OC3CC[C@@]4(C)C(CC[C@]5(C)C4C(=O)C=C4C6C[C@@](C)(C(=O)NC(C)C(=O)OCC)CC[C@]6(C)CC[C@]45C)C3(C)C)OC(C(=O)NC(C)C(=O)OCC)C(OC(C)=O)C2OC(C)=O)C(OC(C)=O)C(OC(C)=O)C1OC(C)=O. The van der Waals surface area contributed by atoms with E-state index in [0.29, 0.717) is 32.1 Å². The Labute approximate surface area is 549 Å². The lowest BCUT2D eigenvalue weighted by molar-refractivity contribution is -0.370. The van der Waals surface area contributed by atoms with Gasteiger partial charge in [-0.15, -0.1) is 0 Å². The maximum Gasteiger partial charge on any atom is 0.328 e. The van der Waals surface area contributed by atoms with E-state index in [2.05, 4.69) is 43.6 Å². The van der Waals surface area contributed by atoms with Crippen LogP contribution in [0.15, 0.2) is 11.6 Å². The van der Waals surface area contributed by atoms with Crippen molar-refractivity contribution >= 4 is 71.3 Å². The van der Waals surface area contributed by atoms with E-state index in [1.807, 2.05) is 26.8 Å². The van der Waals surface area contributed by atoms with Crippen LogP contribution in [-0.4, -0.2) is 177 Å². The molecule has 27 heteroatoms. The number of fused-ring (bicyclic) bond motifs is 7. The molecule has 6 fully saturated rings. The van der Waals surface area contributed by atoms with Gasteiger partial charge >= 0.3 is 47.8 Å². The quantitative estimate of drug-likeness (QED) is 0.0769. The number of carbonyl (C=O) groups excluding carboxylic acids is 12. The van der Waals surface area contributed by atoms with Crippen LogP contribution in [0.25, 0.3) is 0 Å². The molecule has 526 valence electrons. The van der Waals surface area contributed by atoms with Gasteiger partial charge in [-0.3, -0.25) is 43.2 Å². The zero-order chi connectivity index (χ0) is 70.1. The maximum absolute atomic E-state index is 15.6. The molecule has 0 bridgehead atoms. The zero-order valence-corrected chi connectivity index (χ0v) is 57.7. The topological polar surface area (TPSA) is 352 Å². The second kappa shape index (κ2) is 29.0. The molecular weight excluding hydrogens is 1230 g/mol. The first-order valence-electron chi connectivity index (χ1n) is 32.9. The fraction of sp³-hybridized carbons (Fsp3) is 0.791. The molecule has 2 aliphatic heterocycles. The first-order valence-corrected chi connectivity index (χ1v) is 32.9. The number of hydrogen-bond acceptors (Lipinski definition) is 24. The highest BCUT2D eigenvalue weighted by molar-refractivity contribution is 5.96. The largest absolute Gasteiger partial charge is 0.464 e. The van der Waals surface area contributed by atoms with Gasteiger partial charge in [0, 0.05) is 46.0 Å². The average molecular weight is 1330 g/mol. The summed E-state index contributed by atoms with van der Waals surface area (Å²) in [6.45, 7) is 28.9. The predicted octanol–water partition coefficient (Wildman–Crippen LogP) is 5.05. The molecule has 22 atom stereocenters. The monoisotopic (exact) mass is 1330 g/mol. The number of ether oxygens (including phenoxy) is 12. The molecule has 3 N–H and O–H groups in total. The zero-order valence-electron chi connectivity index (χ0n) is 57.7. The number of allylic oxidation sites excluding steroid dienone is 2. The summed E-state index contributed by atoms with van der Waals surface area (Å²) >= 11 is 0. The van der Waals surface area contributed by atoms with Gasteiger partial charge in [0.2, 0.25) is 5.91 Å². The average Bonchev–Trinajstić information content (AvgIpc) is 0.674. The number of esters is 8. The lowest BCUT2D eigenvalue weighted by atomic mass is 9.33. The molecule has 3 amide bonds. The van der Waals surface area contributed by atoms with Gasteiger partial charge in [-0.25, -0.2) is 14.4 Å². The molecule has 0 aromatic heterocycles. The van der Waals surface area contributed by atoms with Crippen molar-refractivity contribution in [2.45, 2.75) is 268 Å². The minimum Gasteiger partial charge on any atom is -0.464 e. The molecule has 27 nitrogen and oxygen atoms in total. The molecule has 0 radical (unpaired) electrons. The van der Waals surface area contributed by atoms with Gasteiger partial charge in [-0.05, 0) is 144 Å². The Bertz CT molecular complexity index is 2990. The van der Waals surface area contributed by atoms with Crippen LogP contribution in [-0.2, 0) is 114 Å². The van der Waals surface area contributed by atoms with Crippen molar-refractivity contribution < 1.29 is 114 Å². The number of rotatable bonds is 21. The molecule has 2 heterocycles. The van der Waals surface area contributed by atoms with E-state index in [1.54, 1.807) is 27.7 Å². The Kier molecular flexibility index (Phi) is 23.1. The maximum atomic E-state index is 15.6. The van der Waals surface area contributed by atoms with Crippen LogP contribution in [0.5, 0.6) is 0 Å². The molecular formula is C67H99N3O24. The Morgan fingerprint density at radius 3 is 1.41 bits per heavy atom. The van der Waals surface area contributed by atoms with Crippen LogP contribution in [0.1, 0.15) is 182 Å². The summed E-state index contributed by atoms with van der Waals surface area (Å²) in [5, 5.41) is 7.88. The minimum absolute atomic E-state index is 0.00915. The van der Waals surface area contributed by atoms with Crippen molar-refractivity contribution in [2.75, 3.05) is 19.8 Å². The third-order valence-corrected chi connectivity index (χ3v) is 21.7. The first kappa shape index (κ1) is 74.8. The van der Waals surface area contributed by atoms with Gasteiger partial charge in [-0.1, -0.05) is 54.0 Å². The second-order valence-corrected chi connectivity index (χ2v) is 28.5. The fourth-order valence-electron chi connectivity index (χ4n) is 16.9. The summed E-state index contributed by atoms with van der Waals surface area (Å²) in [5.41, 5.74) is -2.62. The van der Waals surface area contributed by atoms with Crippen molar-refractivity contribution in [1.29, 1.82) is 0 Å². The van der Waals surface area contributed by atoms with Gasteiger partial charge in [0.25, 0.3) is 11.8 Å². The second-order valence-electron chi connectivity index (χ2n) is 28.5. The van der Waals surface area contributed by atoms with Crippen LogP contribution in [0.4, 0.5) is 0 Å². The number of carbonyl (C=O) groups is 12. The van der Waals surface area contributed by atoms with Crippen LogP contribution in [0, 0.1) is 50.2 Å². The summed E-state index contributed by atoms with van der Waals surface area (Å²) < 4.78 is 71.3. The first-order chi connectivity index (χ1) is 43.8. The predicted molar refractivity (Wildman–Crippen MR) is 327 cm³/mol.